The average molecular weight is 532 g/mol. The number of hydrogen-bond acceptors (Lipinski definition) is 0. The molecular weight excluding hydrogens is 528 g/mol. The van der Waals surface area contributed by atoms with Crippen molar-refractivity contribution in [3.05, 3.63) is 0 Å². The summed E-state index contributed by atoms with van der Waals surface area (Å²) < 4.78 is 194. The molecule has 0 N–H and O–H groups in total. The van der Waals surface area contributed by atoms with Gasteiger partial charge in [-0.2, -0.15) is 65.9 Å². The number of hydrogen-bond donors (Lipinski definition) is 0. The first-order valence-corrected chi connectivity index (χ1v) is 11.2. The van der Waals surface area contributed by atoms with Gasteiger partial charge in [-0.15, -0.1) is 33.2 Å². The van der Waals surface area contributed by atoms with Gasteiger partial charge in [-0.1, -0.05) is 6.92 Å². The van der Waals surface area contributed by atoms with Gasteiger partial charge < -0.3 is 0 Å². The van der Waals surface area contributed by atoms with Gasteiger partial charge in [0.05, 0.1) is 5.54 Å². The molecule has 170 valence electrons. The molecule has 0 bridgehead atoms. The lowest BCUT2D eigenvalue weighted by molar-refractivity contribution is -0.452. The highest BCUT2D eigenvalue weighted by atomic mass is 35.8. The molecular formula is C9H4Cl3F15Si. The van der Waals surface area contributed by atoms with E-state index in [0.29, 0.717) is 0 Å². The van der Waals surface area contributed by atoms with Crippen LogP contribution in [-0.4, -0.2) is 47.7 Å². The van der Waals surface area contributed by atoms with E-state index in [-0.39, 0.29) is 6.92 Å². The second-order valence-electron chi connectivity index (χ2n) is 5.26. The van der Waals surface area contributed by atoms with Gasteiger partial charge in [-0.25, -0.2) is 0 Å². The third-order valence-electron chi connectivity index (χ3n) is 3.39. The normalized spacial score (nSPS) is 17.7. The lowest BCUT2D eigenvalue weighted by atomic mass is 9.90. The van der Waals surface area contributed by atoms with Crippen molar-refractivity contribution in [3.63, 3.8) is 0 Å². The Bertz CT molecular complexity index is 578. The van der Waals surface area contributed by atoms with Gasteiger partial charge in [0.2, 0.25) is 0 Å². The molecule has 1 unspecified atom stereocenters. The summed E-state index contributed by atoms with van der Waals surface area (Å²) in [5, 5.41) is 0. The van der Waals surface area contributed by atoms with Gasteiger partial charge >= 0.3 is 47.7 Å². The number of halogens is 18. The molecule has 0 aromatic heterocycles. The fraction of sp³-hybridized carbons (Fsp3) is 1.00. The molecule has 28 heavy (non-hydrogen) atoms. The molecule has 0 aliphatic carbocycles. The highest BCUT2D eigenvalue weighted by Gasteiger charge is 2.93. The van der Waals surface area contributed by atoms with Crippen LogP contribution in [0.2, 0.25) is 5.54 Å². The van der Waals surface area contributed by atoms with Crippen LogP contribution in [-0.2, 0) is 0 Å². The summed E-state index contributed by atoms with van der Waals surface area (Å²) in [5.41, 5.74) is -3.50. The molecule has 0 saturated carbocycles. The molecule has 0 fully saturated rings. The fourth-order valence-electron chi connectivity index (χ4n) is 1.46. The SMILES string of the molecule is CC(C(F)(F)C(F)(F)C(F)(F)C(F)(F)C(F)(F)C(F)(F)C(F)(F)F)[Si](Cl)(Cl)Cl. The zero-order chi connectivity index (χ0) is 23.6. The van der Waals surface area contributed by atoms with Crippen molar-refractivity contribution in [2.45, 2.75) is 54.2 Å². The molecule has 0 radical (unpaired) electrons. The summed E-state index contributed by atoms with van der Waals surface area (Å²) in [6.07, 6.45) is -7.65. The Morgan fingerprint density at radius 3 is 1.00 bits per heavy atom. The van der Waals surface area contributed by atoms with Gasteiger partial charge in [0.25, 0.3) is 0 Å². The standard InChI is InChI=1S/C9H4Cl3F15Si/c1-2(28(10,11)12)3(13,14)4(15,16)5(17,18)6(19,20)7(21,22)8(23,24)9(25,26)27/h2H,1H3. The van der Waals surface area contributed by atoms with Crippen molar-refractivity contribution in [1.29, 1.82) is 0 Å². The molecule has 0 aliphatic rings. The zero-order valence-corrected chi connectivity index (χ0v) is 15.6. The summed E-state index contributed by atoms with van der Waals surface area (Å²) in [4.78, 5) is 0. The van der Waals surface area contributed by atoms with Gasteiger partial charge in [-0.3, -0.25) is 0 Å². The molecule has 0 aliphatic heterocycles. The molecule has 0 aromatic carbocycles. The van der Waals surface area contributed by atoms with Crippen LogP contribution in [0, 0.1) is 0 Å². The molecule has 0 nitrogen and oxygen atoms in total. The Kier molecular flexibility index (Phi) is 7.05. The first kappa shape index (κ1) is 28.0. The molecule has 0 rings (SSSR count). The van der Waals surface area contributed by atoms with E-state index in [9.17, 15) is 65.9 Å². The molecule has 0 spiro atoms. The van der Waals surface area contributed by atoms with Crippen molar-refractivity contribution in [2.24, 2.45) is 0 Å². The summed E-state index contributed by atoms with van der Waals surface area (Å²) in [6, 6.07) is -5.16. The monoisotopic (exact) mass is 530 g/mol. The minimum atomic E-state index is -8.35. The molecule has 19 heteroatoms. The van der Waals surface area contributed by atoms with Gasteiger partial charge in [-0.05, 0) is 0 Å². The van der Waals surface area contributed by atoms with Crippen molar-refractivity contribution < 1.29 is 65.9 Å². The van der Waals surface area contributed by atoms with E-state index in [2.05, 4.69) is 0 Å². The Morgan fingerprint density at radius 1 is 0.500 bits per heavy atom. The smallest absolute Gasteiger partial charge is 0.200 e. The average Bonchev–Trinajstić information content (AvgIpc) is 2.42. The van der Waals surface area contributed by atoms with Crippen molar-refractivity contribution in [3.8, 4) is 0 Å². The first-order chi connectivity index (χ1) is 11.7. The van der Waals surface area contributed by atoms with Crippen LogP contribution in [0.5, 0.6) is 0 Å². The van der Waals surface area contributed by atoms with Crippen LogP contribution in [0.25, 0.3) is 0 Å². The summed E-state index contributed by atoms with van der Waals surface area (Å²) in [5.74, 6) is -47.0. The highest BCUT2D eigenvalue weighted by Crippen LogP contribution is 2.64. The quantitative estimate of drug-likeness (QED) is 0.182. The van der Waals surface area contributed by atoms with Crippen molar-refractivity contribution >= 4 is 39.2 Å². The van der Waals surface area contributed by atoms with E-state index < -0.39 is 53.3 Å². The minimum absolute atomic E-state index is 0.191. The van der Waals surface area contributed by atoms with Crippen LogP contribution < -0.4 is 0 Å². The van der Waals surface area contributed by atoms with Crippen molar-refractivity contribution in [1.82, 2.24) is 0 Å². The number of alkyl halides is 15. The maximum Gasteiger partial charge on any atom is 0.460 e. The zero-order valence-electron chi connectivity index (χ0n) is 12.4. The maximum atomic E-state index is 13.6. The Hall–Kier alpha value is 0.0369. The second kappa shape index (κ2) is 7.04. The van der Waals surface area contributed by atoms with Crippen LogP contribution in [0.1, 0.15) is 6.92 Å². The van der Waals surface area contributed by atoms with Gasteiger partial charge in [0.1, 0.15) is 0 Å². The second-order valence-corrected chi connectivity index (χ2v) is 14.3. The van der Waals surface area contributed by atoms with E-state index >= 15 is 0 Å². The van der Waals surface area contributed by atoms with E-state index in [0.717, 1.165) is 0 Å². The molecule has 0 saturated heterocycles. The van der Waals surface area contributed by atoms with Crippen LogP contribution in [0.3, 0.4) is 0 Å². The van der Waals surface area contributed by atoms with E-state index in [1.807, 2.05) is 0 Å². The summed E-state index contributed by atoms with van der Waals surface area (Å²) in [6.45, 7) is -0.191. The van der Waals surface area contributed by atoms with Crippen LogP contribution in [0.4, 0.5) is 65.9 Å². The summed E-state index contributed by atoms with van der Waals surface area (Å²) >= 11 is 14.6. The fourth-order valence-corrected chi connectivity index (χ4v) is 3.28. The minimum Gasteiger partial charge on any atom is -0.200 e. The highest BCUT2D eigenvalue weighted by molar-refractivity contribution is 7.65. The molecule has 0 amide bonds. The van der Waals surface area contributed by atoms with Gasteiger partial charge in [0.15, 0.2) is 0 Å². The Labute approximate surface area is 160 Å². The lowest BCUT2D eigenvalue weighted by Gasteiger charge is -2.43. The van der Waals surface area contributed by atoms with Gasteiger partial charge in [0, 0.05) is 0 Å². The maximum absolute atomic E-state index is 13.6. The summed E-state index contributed by atoms with van der Waals surface area (Å²) in [7, 11) is 0. The predicted molar refractivity (Wildman–Crippen MR) is 68.5 cm³/mol. The van der Waals surface area contributed by atoms with Crippen LogP contribution in [0.15, 0.2) is 0 Å². The third kappa shape index (κ3) is 3.74. The van der Waals surface area contributed by atoms with Crippen molar-refractivity contribution in [2.75, 3.05) is 0 Å². The molecule has 1 atom stereocenters. The van der Waals surface area contributed by atoms with E-state index in [1.165, 1.54) is 0 Å². The third-order valence-corrected chi connectivity index (χ3v) is 7.68. The first-order valence-electron chi connectivity index (χ1n) is 6.06. The number of rotatable bonds is 7. The Morgan fingerprint density at radius 2 is 0.750 bits per heavy atom. The Balaban J connectivity index is 6.64. The lowest BCUT2D eigenvalue weighted by Crippen LogP contribution is -2.73. The van der Waals surface area contributed by atoms with Crippen LogP contribution >= 0.6 is 33.2 Å². The largest absolute Gasteiger partial charge is 0.460 e. The molecule has 0 heterocycles. The van der Waals surface area contributed by atoms with E-state index in [4.69, 9.17) is 33.2 Å². The topological polar surface area (TPSA) is 0 Å². The van der Waals surface area contributed by atoms with E-state index in [1.54, 1.807) is 0 Å². The predicted octanol–water partition coefficient (Wildman–Crippen LogP) is 7.41. The molecule has 0 aromatic rings.